The fourth-order valence-electron chi connectivity index (χ4n) is 3.74. The van der Waals surface area contributed by atoms with Gasteiger partial charge in [0.25, 0.3) is 5.97 Å². The summed E-state index contributed by atoms with van der Waals surface area (Å²) in [6.07, 6.45) is 21.4. The minimum atomic E-state index is -2.64. The molecule has 0 aliphatic heterocycles. The molecule has 0 aliphatic carbocycles. The molecule has 0 fully saturated rings. The Balaban J connectivity index is -0.00000364. The number of nitrogens with two attached hydrogens (primary N) is 1. The zero-order chi connectivity index (χ0) is 21.1. The van der Waals surface area contributed by atoms with Gasteiger partial charge in [0.15, 0.2) is 0 Å². The van der Waals surface area contributed by atoms with Gasteiger partial charge < -0.3 is 21.1 Å². The van der Waals surface area contributed by atoms with Crippen LogP contribution >= 0.6 is 0 Å². The van der Waals surface area contributed by atoms with Gasteiger partial charge in [0.05, 0.1) is 6.54 Å². The Hall–Kier alpha value is 3.07. The van der Waals surface area contributed by atoms with Gasteiger partial charge in [0.1, 0.15) is 0 Å². The van der Waals surface area contributed by atoms with Crippen molar-refractivity contribution in [3.8, 4) is 0 Å². The van der Waals surface area contributed by atoms with Gasteiger partial charge in [-0.25, -0.2) is 0 Å². The van der Waals surface area contributed by atoms with Crippen molar-refractivity contribution in [3.05, 3.63) is 0 Å². The van der Waals surface area contributed by atoms with E-state index in [1.54, 1.807) is 0 Å². The third-order valence-electron chi connectivity index (χ3n) is 5.68. The molecular weight excluding hydrogens is 430 g/mol. The van der Waals surface area contributed by atoms with Gasteiger partial charge in [0, 0.05) is 115 Å². The van der Waals surface area contributed by atoms with E-state index >= 15 is 0 Å². The quantitative estimate of drug-likeness (QED) is 0.114. The molecule has 0 spiro atoms. The standard InChI is InChI=1S/C23H50N2O3.2K/c1-3-4-5-6-7-8-9-10-11-12-13-14-15-16-17-18-19-25(22(2)20-24)21-23(26,27)28;;/h22,26-28H,3-21,24H2,1-2H3;;. The average Bonchev–Trinajstić information content (AvgIpc) is 2.65. The third kappa shape index (κ3) is 27.3. The molecular formula is C23H50K2N2O3. The summed E-state index contributed by atoms with van der Waals surface area (Å²) in [7, 11) is 0. The van der Waals surface area contributed by atoms with Crippen LogP contribution < -0.4 is 5.73 Å². The SMILES string of the molecule is CCCCCCCCCCCCCCCCCCN(CC(O)(O)O)C(C)CN.[K].[K]. The molecule has 7 heteroatoms. The Morgan fingerprint density at radius 2 is 1.00 bits per heavy atom. The summed E-state index contributed by atoms with van der Waals surface area (Å²) in [5.74, 6) is -2.64. The first-order chi connectivity index (χ1) is 13.4. The van der Waals surface area contributed by atoms with Crippen molar-refractivity contribution in [3.63, 3.8) is 0 Å². The summed E-state index contributed by atoms with van der Waals surface area (Å²) in [6, 6.07) is 0.0298. The molecule has 0 bridgehead atoms. The van der Waals surface area contributed by atoms with Gasteiger partial charge in [0.2, 0.25) is 0 Å². The van der Waals surface area contributed by atoms with Crippen LogP contribution in [0.25, 0.3) is 0 Å². The third-order valence-corrected chi connectivity index (χ3v) is 5.68. The van der Waals surface area contributed by atoms with Crippen molar-refractivity contribution >= 4 is 103 Å². The molecule has 30 heavy (non-hydrogen) atoms. The normalized spacial score (nSPS) is 12.5. The molecule has 0 saturated carbocycles. The molecule has 0 rings (SSSR count). The predicted molar refractivity (Wildman–Crippen MR) is 131 cm³/mol. The van der Waals surface area contributed by atoms with Crippen LogP contribution in [0.15, 0.2) is 0 Å². The second-order valence-corrected chi connectivity index (χ2v) is 8.63. The average molecular weight is 481 g/mol. The number of hydrogen-bond acceptors (Lipinski definition) is 5. The molecule has 0 aliphatic rings. The van der Waals surface area contributed by atoms with Gasteiger partial charge in [-0.2, -0.15) is 0 Å². The molecule has 0 saturated heterocycles. The summed E-state index contributed by atoms with van der Waals surface area (Å²) in [5.41, 5.74) is 5.67. The minimum absolute atomic E-state index is 0. The largest absolute Gasteiger partial charge is 0.343 e. The van der Waals surface area contributed by atoms with Crippen molar-refractivity contribution < 1.29 is 15.3 Å². The summed E-state index contributed by atoms with van der Waals surface area (Å²) >= 11 is 0. The van der Waals surface area contributed by atoms with Crippen LogP contribution in [0.3, 0.4) is 0 Å². The number of aliphatic hydroxyl groups is 3. The van der Waals surface area contributed by atoms with Crippen molar-refractivity contribution in [2.75, 3.05) is 19.6 Å². The molecule has 172 valence electrons. The molecule has 2 radical (unpaired) electrons. The van der Waals surface area contributed by atoms with E-state index in [-0.39, 0.29) is 115 Å². The first-order valence-corrected chi connectivity index (χ1v) is 12.0. The summed E-state index contributed by atoms with van der Waals surface area (Å²) in [6.45, 7) is 5.21. The second kappa shape index (κ2) is 26.7. The van der Waals surface area contributed by atoms with E-state index in [4.69, 9.17) is 5.73 Å². The van der Waals surface area contributed by atoms with Crippen molar-refractivity contribution in [1.82, 2.24) is 4.90 Å². The van der Waals surface area contributed by atoms with Crippen LogP contribution in [0.2, 0.25) is 0 Å². The van der Waals surface area contributed by atoms with Crippen molar-refractivity contribution in [1.29, 1.82) is 0 Å². The molecule has 0 heterocycles. The van der Waals surface area contributed by atoms with E-state index in [0.717, 1.165) is 19.4 Å². The molecule has 0 aromatic heterocycles. The van der Waals surface area contributed by atoms with Gasteiger partial charge in [-0.15, -0.1) is 0 Å². The maximum atomic E-state index is 9.20. The first-order valence-electron chi connectivity index (χ1n) is 12.0. The number of nitrogens with zero attached hydrogens (tertiary/aromatic N) is 1. The van der Waals surface area contributed by atoms with E-state index in [2.05, 4.69) is 6.92 Å². The van der Waals surface area contributed by atoms with Crippen LogP contribution in [0.1, 0.15) is 117 Å². The van der Waals surface area contributed by atoms with Gasteiger partial charge in [-0.1, -0.05) is 103 Å². The smallest absolute Gasteiger partial charge is 0.288 e. The molecule has 5 N–H and O–H groups in total. The van der Waals surface area contributed by atoms with E-state index in [1.165, 1.54) is 89.9 Å². The van der Waals surface area contributed by atoms with Crippen LogP contribution in [-0.4, -0.2) is 155 Å². The van der Waals surface area contributed by atoms with Gasteiger partial charge in [-0.05, 0) is 19.9 Å². The van der Waals surface area contributed by atoms with Gasteiger partial charge >= 0.3 is 0 Å². The molecule has 0 amide bonds. The number of hydrogen-bond donors (Lipinski definition) is 4. The Morgan fingerprint density at radius 1 is 0.667 bits per heavy atom. The van der Waals surface area contributed by atoms with E-state index in [0.29, 0.717) is 6.54 Å². The first kappa shape index (κ1) is 37.6. The van der Waals surface area contributed by atoms with Crippen molar-refractivity contribution in [2.45, 2.75) is 129 Å². The van der Waals surface area contributed by atoms with E-state index < -0.39 is 5.97 Å². The predicted octanol–water partition coefficient (Wildman–Crippen LogP) is 3.77. The summed E-state index contributed by atoms with van der Waals surface area (Å²) < 4.78 is 0. The monoisotopic (exact) mass is 480 g/mol. The number of rotatable bonds is 21. The van der Waals surface area contributed by atoms with Crippen LogP contribution in [0, 0.1) is 0 Å². The van der Waals surface area contributed by atoms with E-state index in [1.807, 2.05) is 11.8 Å². The fraction of sp³-hybridized carbons (Fsp3) is 1.00. The molecule has 1 unspecified atom stereocenters. The molecule has 5 nitrogen and oxygen atoms in total. The van der Waals surface area contributed by atoms with Crippen LogP contribution in [0.5, 0.6) is 0 Å². The molecule has 1 atom stereocenters. The maximum absolute atomic E-state index is 9.20. The minimum Gasteiger partial charge on any atom is -0.343 e. The second-order valence-electron chi connectivity index (χ2n) is 8.63. The van der Waals surface area contributed by atoms with Gasteiger partial charge in [-0.3, -0.25) is 4.90 Å². The zero-order valence-corrected chi connectivity index (χ0v) is 27.1. The van der Waals surface area contributed by atoms with Crippen molar-refractivity contribution in [2.24, 2.45) is 5.73 Å². The summed E-state index contributed by atoms with van der Waals surface area (Å²) in [5, 5.41) is 27.6. The Labute approximate surface area is 272 Å². The van der Waals surface area contributed by atoms with Crippen LogP contribution in [0.4, 0.5) is 0 Å². The fourth-order valence-corrected chi connectivity index (χ4v) is 3.74. The summed E-state index contributed by atoms with van der Waals surface area (Å²) in [4.78, 5) is 1.85. The topological polar surface area (TPSA) is 90.0 Å². The Kier molecular flexibility index (Phi) is 33.4. The maximum Gasteiger partial charge on any atom is 0.288 e. The zero-order valence-electron chi connectivity index (χ0n) is 20.9. The van der Waals surface area contributed by atoms with E-state index in [9.17, 15) is 15.3 Å². The molecule has 0 aromatic carbocycles. The van der Waals surface area contributed by atoms with Crippen LogP contribution in [-0.2, 0) is 0 Å². The Bertz CT molecular complexity index is 332. The molecule has 0 aromatic rings. The number of unbranched alkanes of at least 4 members (excludes halogenated alkanes) is 15. The Morgan fingerprint density at radius 3 is 1.30 bits per heavy atom.